The first-order valence-corrected chi connectivity index (χ1v) is 7.84. The number of benzene rings is 1. The van der Waals surface area contributed by atoms with Gasteiger partial charge in [0.05, 0.1) is 7.11 Å². The Morgan fingerprint density at radius 3 is 2.81 bits per heavy atom. The molecule has 21 heavy (non-hydrogen) atoms. The van der Waals surface area contributed by atoms with E-state index in [0.29, 0.717) is 11.8 Å². The summed E-state index contributed by atoms with van der Waals surface area (Å²) in [6.45, 7) is 4.52. The predicted molar refractivity (Wildman–Crippen MR) is 84.6 cm³/mol. The molecule has 1 aliphatic carbocycles. The maximum atomic E-state index is 6.39. The Morgan fingerprint density at radius 1 is 1.29 bits per heavy atom. The van der Waals surface area contributed by atoms with Crippen LogP contribution in [0.1, 0.15) is 44.7 Å². The maximum Gasteiger partial charge on any atom is 0.124 e. The van der Waals surface area contributed by atoms with E-state index in [1.807, 2.05) is 18.2 Å². The number of nitrogens with two attached hydrogens (primary N) is 1. The molecule has 0 spiro atoms. The monoisotopic (exact) mass is 287 g/mol. The molecule has 0 bridgehead atoms. The number of allylic oxidation sites excluding steroid dienone is 2. The summed E-state index contributed by atoms with van der Waals surface area (Å²) in [5.74, 6) is 2.99. The van der Waals surface area contributed by atoms with Crippen molar-refractivity contribution >= 4 is 0 Å². The molecule has 0 radical (unpaired) electrons. The third-order valence-corrected chi connectivity index (χ3v) is 4.73. The van der Waals surface area contributed by atoms with Crippen molar-refractivity contribution in [1.29, 1.82) is 0 Å². The minimum Gasteiger partial charge on any atom is -0.497 e. The fourth-order valence-electron chi connectivity index (χ4n) is 3.81. The molecule has 1 aromatic rings. The minimum atomic E-state index is 0.0374. The van der Waals surface area contributed by atoms with Crippen LogP contribution in [0.2, 0.25) is 0 Å². The largest absolute Gasteiger partial charge is 0.497 e. The summed E-state index contributed by atoms with van der Waals surface area (Å²) >= 11 is 0. The Labute approximate surface area is 127 Å². The van der Waals surface area contributed by atoms with Gasteiger partial charge in [0.15, 0.2) is 0 Å². The molecule has 4 atom stereocenters. The van der Waals surface area contributed by atoms with E-state index in [0.717, 1.165) is 29.9 Å². The van der Waals surface area contributed by atoms with Gasteiger partial charge < -0.3 is 15.2 Å². The van der Waals surface area contributed by atoms with Crippen LogP contribution in [-0.2, 0) is 0 Å². The number of hydrogen-bond acceptors (Lipinski definition) is 3. The second-order valence-electron chi connectivity index (χ2n) is 6.59. The normalized spacial score (nSPS) is 31.9. The summed E-state index contributed by atoms with van der Waals surface area (Å²) in [6, 6.07) is 5.98. The van der Waals surface area contributed by atoms with E-state index in [4.69, 9.17) is 15.2 Å². The second kappa shape index (κ2) is 5.72. The topological polar surface area (TPSA) is 44.5 Å². The van der Waals surface area contributed by atoms with Crippen LogP contribution in [0.5, 0.6) is 11.5 Å². The van der Waals surface area contributed by atoms with E-state index in [1.165, 1.54) is 12.0 Å². The minimum absolute atomic E-state index is 0.0374. The van der Waals surface area contributed by atoms with E-state index in [9.17, 15) is 0 Å². The van der Waals surface area contributed by atoms with E-state index >= 15 is 0 Å². The highest BCUT2D eigenvalue weighted by atomic mass is 16.5. The van der Waals surface area contributed by atoms with Crippen molar-refractivity contribution in [1.82, 2.24) is 0 Å². The van der Waals surface area contributed by atoms with Crippen LogP contribution in [0.15, 0.2) is 29.8 Å². The third-order valence-electron chi connectivity index (χ3n) is 4.73. The quantitative estimate of drug-likeness (QED) is 0.841. The lowest BCUT2D eigenvalue weighted by atomic mass is 9.78. The predicted octanol–water partition coefficient (Wildman–Crippen LogP) is 3.84. The molecular formula is C18H25NO2. The zero-order valence-electron chi connectivity index (χ0n) is 13.1. The van der Waals surface area contributed by atoms with Crippen molar-refractivity contribution in [3.05, 3.63) is 35.4 Å². The first-order chi connectivity index (χ1) is 10.1. The molecule has 0 saturated heterocycles. The first-order valence-electron chi connectivity index (χ1n) is 7.84. The Morgan fingerprint density at radius 2 is 2.10 bits per heavy atom. The van der Waals surface area contributed by atoms with Crippen LogP contribution in [0, 0.1) is 11.8 Å². The van der Waals surface area contributed by atoms with Crippen molar-refractivity contribution < 1.29 is 9.47 Å². The molecule has 1 aromatic carbocycles. The molecule has 0 saturated carbocycles. The van der Waals surface area contributed by atoms with Gasteiger partial charge in [-0.15, -0.1) is 0 Å². The molecule has 3 unspecified atom stereocenters. The van der Waals surface area contributed by atoms with Gasteiger partial charge in [0.25, 0.3) is 0 Å². The van der Waals surface area contributed by atoms with Gasteiger partial charge in [-0.1, -0.05) is 18.6 Å². The van der Waals surface area contributed by atoms with Crippen LogP contribution in [0.3, 0.4) is 0 Å². The van der Waals surface area contributed by atoms with Crippen LogP contribution in [0.4, 0.5) is 0 Å². The van der Waals surface area contributed by atoms with Gasteiger partial charge in [0.2, 0.25) is 0 Å². The summed E-state index contributed by atoms with van der Waals surface area (Å²) in [7, 11) is 1.68. The van der Waals surface area contributed by atoms with E-state index in [-0.39, 0.29) is 12.1 Å². The van der Waals surface area contributed by atoms with Gasteiger partial charge in [0.1, 0.15) is 17.6 Å². The fraction of sp³-hybridized carbons (Fsp3) is 0.556. The smallest absolute Gasteiger partial charge is 0.124 e. The lowest BCUT2D eigenvalue weighted by Crippen LogP contribution is -2.37. The molecule has 0 aromatic heterocycles. The summed E-state index contributed by atoms with van der Waals surface area (Å²) in [5.41, 5.74) is 8.94. The molecule has 1 aliphatic heterocycles. The molecule has 2 N–H and O–H groups in total. The molecule has 114 valence electrons. The summed E-state index contributed by atoms with van der Waals surface area (Å²) in [4.78, 5) is 0. The van der Waals surface area contributed by atoms with Crippen LogP contribution < -0.4 is 15.2 Å². The Balaban J connectivity index is 1.80. The average molecular weight is 287 g/mol. The van der Waals surface area contributed by atoms with Gasteiger partial charge in [-0.05, 0) is 43.9 Å². The van der Waals surface area contributed by atoms with Crippen LogP contribution in [-0.4, -0.2) is 13.2 Å². The Kier molecular flexibility index (Phi) is 3.94. The number of hydrogen-bond donors (Lipinski definition) is 1. The van der Waals surface area contributed by atoms with Crippen LogP contribution >= 0.6 is 0 Å². The highest BCUT2D eigenvalue weighted by molar-refractivity contribution is 5.43. The van der Waals surface area contributed by atoms with Gasteiger partial charge in [-0.25, -0.2) is 0 Å². The second-order valence-corrected chi connectivity index (χ2v) is 6.59. The number of fused-ring (bicyclic) bond motifs is 1. The maximum absolute atomic E-state index is 6.39. The molecule has 0 amide bonds. The Bertz CT molecular complexity index is 552. The van der Waals surface area contributed by atoms with Gasteiger partial charge >= 0.3 is 0 Å². The summed E-state index contributed by atoms with van der Waals surface area (Å²) < 4.78 is 11.6. The van der Waals surface area contributed by atoms with Crippen molar-refractivity contribution in [2.75, 3.05) is 7.11 Å². The molecule has 3 heteroatoms. The highest BCUT2D eigenvalue weighted by Crippen LogP contribution is 2.41. The molecule has 0 fully saturated rings. The standard InChI is InChI=1S/C18H25NO2/c1-11-6-12(2)8-13(7-11)18-10-16(19)15-9-14(20-3)4-5-17(15)21-18/h4-6,9,11,13,16,18H,7-8,10,19H2,1-3H3/t11?,13?,16-,18?/m0/s1. The zero-order valence-corrected chi connectivity index (χ0v) is 13.1. The lowest BCUT2D eigenvalue weighted by molar-refractivity contribution is 0.0856. The third kappa shape index (κ3) is 2.93. The highest BCUT2D eigenvalue weighted by Gasteiger charge is 2.34. The van der Waals surface area contributed by atoms with Crippen molar-refractivity contribution in [2.24, 2.45) is 17.6 Å². The Hall–Kier alpha value is -1.48. The fourth-order valence-corrected chi connectivity index (χ4v) is 3.81. The summed E-state index contributed by atoms with van der Waals surface area (Å²) in [5, 5.41) is 0. The van der Waals surface area contributed by atoms with Crippen molar-refractivity contribution in [2.45, 2.75) is 45.3 Å². The van der Waals surface area contributed by atoms with E-state index < -0.39 is 0 Å². The first kappa shape index (κ1) is 14.5. The van der Waals surface area contributed by atoms with Crippen molar-refractivity contribution in [3.63, 3.8) is 0 Å². The van der Waals surface area contributed by atoms with Gasteiger partial charge in [0, 0.05) is 23.9 Å². The number of rotatable bonds is 2. The summed E-state index contributed by atoms with van der Waals surface area (Å²) in [6.07, 6.45) is 5.84. The molecule has 1 heterocycles. The van der Waals surface area contributed by atoms with E-state index in [2.05, 4.69) is 19.9 Å². The zero-order chi connectivity index (χ0) is 15.0. The number of ether oxygens (including phenoxy) is 2. The molecule has 2 aliphatic rings. The van der Waals surface area contributed by atoms with Crippen molar-refractivity contribution in [3.8, 4) is 11.5 Å². The number of methoxy groups -OCH3 is 1. The van der Waals surface area contributed by atoms with Crippen LogP contribution in [0.25, 0.3) is 0 Å². The van der Waals surface area contributed by atoms with E-state index in [1.54, 1.807) is 7.11 Å². The lowest BCUT2D eigenvalue weighted by Gasteiger charge is -2.38. The molecule has 3 rings (SSSR count). The SMILES string of the molecule is COc1ccc2c(c1)[C@@H](N)CC(C1CC(C)=CC(C)C1)O2. The van der Waals surface area contributed by atoms with Gasteiger partial charge in [-0.2, -0.15) is 0 Å². The molecular weight excluding hydrogens is 262 g/mol. The van der Waals surface area contributed by atoms with Gasteiger partial charge in [-0.3, -0.25) is 0 Å². The molecule has 3 nitrogen and oxygen atoms in total. The average Bonchev–Trinajstić information content (AvgIpc) is 2.46.